The summed E-state index contributed by atoms with van der Waals surface area (Å²) in [6, 6.07) is 5.68. The molecular weight excluding hydrogens is 252 g/mol. The zero-order valence-electron chi connectivity index (χ0n) is 12.1. The molecule has 20 heavy (non-hydrogen) atoms. The third-order valence-electron chi connectivity index (χ3n) is 3.07. The Morgan fingerprint density at radius 3 is 2.80 bits per heavy atom. The van der Waals surface area contributed by atoms with E-state index in [1.807, 2.05) is 45.3 Å². The molecule has 0 aliphatic heterocycles. The molecule has 1 amide bonds. The Bertz CT molecular complexity index is 604. The normalized spacial score (nSPS) is 10.3. The van der Waals surface area contributed by atoms with Gasteiger partial charge in [-0.3, -0.25) is 9.48 Å². The Morgan fingerprint density at radius 2 is 2.20 bits per heavy atom. The number of rotatable bonds is 5. The molecule has 1 aromatic carbocycles. The number of aryl methyl sites for hydroxylation is 2. The number of anilines is 1. The number of carbonyl (C=O) groups is 1. The van der Waals surface area contributed by atoms with Crippen LogP contribution in [0.4, 0.5) is 5.69 Å². The molecule has 5 heteroatoms. The van der Waals surface area contributed by atoms with Crippen LogP contribution in [-0.2, 0) is 13.6 Å². The lowest BCUT2D eigenvalue weighted by atomic mass is 10.1. The predicted octanol–water partition coefficient (Wildman–Crippen LogP) is 2.09. The lowest BCUT2D eigenvalue weighted by Crippen LogP contribution is -2.22. The second kappa shape index (κ2) is 6.23. The van der Waals surface area contributed by atoms with Crippen LogP contribution in [0.2, 0.25) is 0 Å². The average Bonchev–Trinajstić information content (AvgIpc) is 2.84. The van der Waals surface area contributed by atoms with Gasteiger partial charge < -0.3 is 10.6 Å². The lowest BCUT2D eigenvalue weighted by Gasteiger charge is -2.09. The molecule has 1 heterocycles. The maximum atomic E-state index is 12.1. The van der Waals surface area contributed by atoms with E-state index >= 15 is 0 Å². The first kappa shape index (κ1) is 14.1. The van der Waals surface area contributed by atoms with Crippen molar-refractivity contribution in [3.8, 4) is 0 Å². The first-order valence-electron chi connectivity index (χ1n) is 6.70. The van der Waals surface area contributed by atoms with Gasteiger partial charge in [-0.05, 0) is 37.6 Å². The van der Waals surface area contributed by atoms with Gasteiger partial charge in [0.1, 0.15) is 0 Å². The van der Waals surface area contributed by atoms with Gasteiger partial charge in [0.05, 0.1) is 6.20 Å². The maximum Gasteiger partial charge on any atom is 0.251 e. The number of nitrogens with one attached hydrogen (secondary N) is 2. The number of nitrogens with zero attached hydrogens (tertiary/aromatic N) is 2. The third-order valence-corrected chi connectivity index (χ3v) is 3.07. The number of carbonyl (C=O) groups excluding carboxylic acids is 1. The molecule has 1 aromatic heterocycles. The quantitative estimate of drug-likeness (QED) is 0.876. The molecule has 2 aromatic rings. The number of aromatic nitrogens is 2. The highest BCUT2D eigenvalue weighted by atomic mass is 16.1. The fourth-order valence-corrected chi connectivity index (χ4v) is 2.04. The van der Waals surface area contributed by atoms with E-state index in [9.17, 15) is 4.79 Å². The molecule has 0 saturated heterocycles. The smallest absolute Gasteiger partial charge is 0.251 e. The Balaban J connectivity index is 2.00. The molecule has 0 saturated carbocycles. The molecule has 2 N–H and O–H groups in total. The van der Waals surface area contributed by atoms with Crippen LogP contribution in [0.3, 0.4) is 0 Å². The van der Waals surface area contributed by atoms with Gasteiger partial charge in [0.25, 0.3) is 5.91 Å². The minimum Gasteiger partial charge on any atom is -0.385 e. The first-order chi connectivity index (χ1) is 9.60. The Hall–Kier alpha value is -2.30. The second-order valence-electron chi connectivity index (χ2n) is 4.76. The first-order valence-corrected chi connectivity index (χ1v) is 6.70. The minimum absolute atomic E-state index is 0.0694. The van der Waals surface area contributed by atoms with Crippen molar-refractivity contribution in [2.45, 2.75) is 20.4 Å². The van der Waals surface area contributed by atoms with Gasteiger partial charge >= 0.3 is 0 Å². The molecule has 0 aliphatic carbocycles. The van der Waals surface area contributed by atoms with E-state index in [0.29, 0.717) is 12.1 Å². The van der Waals surface area contributed by atoms with Crippen LogP contribution in [0.5, 0.6) is 0 Å². The SMILES string of the molecule is CCNc1ccc(C(=O)NCc2cnn(C)c2)cc1C. The maximum absolute atomic E-state index is 12.1. The van der Waals surface area contributed by atoms with E-state index in [1.54, 1.807) is 10.9 Å². The molecule has 0 aliphatic rings. The van der Waals surface area contributed by atoms with Crippen LogP contribution in [-0.4, -0.2) is 22.2 Å². The summed E-state index contributed by atoms with van der Waals surface area (Å²) in [5.41, 5.74) is 3.80. The van der Waals surface area contributed by atoms with Gasteiger partial charge in [-0.1, -0.05) is 0 Å². The number of hydrogen-bond acceptors (Lipinski definition) is 3. The van der Waals surface area contributed by atoms with Gasteiger partial charge in [-0.15, -0.1) is 0 Å². The van der Waals surface area contributed by atoms with E-state index in [-0.39, 0.29) is 5.91 Å². The van der Waals surface area contributed by atoms with Gasteiger partial charge in [0.15, 0.2) is 0 Å². The van der Waals surface area contributed by atoms with Gasteiger partial charge in [-0.2, -0.15) is 5.10 Å². The van der Waals surface area contributed by atoms with Crippen LogP contribution in [0.25, 0.3) is 0 Å². The summed E-state index contributed by atoms with van der Waals surface area (Å²) < 4.78 is 1.72. The zero-order valence-corrected chi connectivity index (χ0v) is 12.1. The molecular formula is C15H20N4O. The summed E-state index contributed by atoms with van der Waals surface area (Å²) in [7, 11) is 1.86. The fraction of sp³-hybridized carbons (Fsp3) is 0.333. The van der Waals surface area contributed by atoms with Crippen LogP contribution in [0.1, 0.15) is 28.4 Å². The number of amides is 1. The predicted molar refractivity (Wildman–Crippen MR) is 79.7 cm³/mol. The number of hydrogen-bond donors (Lipinski definition) is 2. The van der Waals surface area contributed by atoms with Crippen molar-refractivity contribution in [2.24, 2.45) is 7.05 Å². The summed E-state index contributed by atoms with van der Waals surface area (Å²) in [5, 5.41) is 10.2. The van der Waals surface area contributed by atoms with Crippen LogP contribution >= 0.6 is 0 Å². The van der Waals surface area contributed by atoms with Crippen molar-refractivity contribution in [3.63, 3.8) is 0 Å². The van der Waals surface area contributed by atoms with E-state index < -0.39 is 0 Å². The molecule has 0 bridgehead atoms. The Morgan fingerprint density at radius 1 is 1.40 bits per heavy atom. The van der Waals surface area contributed by atoms with E-state index in [1.165, 1.54) is 0 Å². The highest BCUT2D eigenvalue weighted by molar-refractivity contribution is 5.94. The standard InChI is InChI=1S/C15H20N4O/c1-4-16-14-6-5-13(7-11(14)2)15(20)17-8-12-9-18-19(3)10-12/h5-7,9-10,16H,4,8H2,1-3H3,(H,17,20). The summed E-state index contributed by atoms with van der Waals surface area (Å²) in [4.78, 5) is 12.1. The molecule has 0 radical (unpaired) electrons. The molecule has 2 rings (SSSR count). The van der Waals surface area contributed by atoms with Gasteiger partial charge in [0, 0.05) is 43.1 Å². The van der Waals surface area contributed by atoms with Gasteiger partial charge in [0.2, 0.25) is 0 Å². The van der Waals surface area contributed by atoms with Crippen LogP contribution in [0, 0.1) is 6.92 Å². The summed E-state index contributed by atoms with van der Waals surface area (Å²) in [6.07, 6.45) is 3.64. The van der Waals surface area contributed by atoms with Crippen molar-refractivity contribution in [3.05, 3.63) is 47.3 Å². The average molecular weight is 272 g/mol. The van der Waals surface area contributed by atoms with Crippen molar-refractivity contribution in [2.75, 3.05) is 11.9 Å². The van der Waals surface area contributed by atoms with E-state index in [2.05, 4.69) is 15.7 Å². The Labute approximate surface area is 119 Å². The molecule has 5 nitrogen and oxygen atoms in total. The zero-order chi connectivity index (χ0) is 14.5. The molecule has 0 fully saturated rings. The van der Waals surface area contributed by atoms with Crippen molar-refractivity contribution >= 4 is 11.6 Å². The highest BCUT2D eigenvalue weighted by Gasteiger charge is 2.07. The fourth-order valence-electron chi connectivity index (χ4n) is 2.04. The molecule has 0 atom stereocenters. The van der Waals surface area contributed by atoms with Crippen molar-refractivity contribution in [1.82, 2.24) is 15.1 Å². The van der Waals surface area contributed by atoms with Crippen LogP contribution in [0.15, 0.2) is 30.6 Å². The summed E-state index contributed by atoms with van der Waals surface area (Å²) in [6.45, 7) is 5.40. The number of benzene rings is 1. The van der Waals surface area contributed by atoms with Crippen LogP contribution < -0.4 is 10.6 Å². The van der Waals surface area contributed by atoms with Crippen molar-refractivity contribution < 1.29 is 4.79 Å². The van der Waals surface area contributed by atoms with E-state index in [0.717, 1.165) is 23.4 Å². The minimum atomic E-state index is -0.0694. The van der Waals surface area contributed by atoms with Gasteiger partial charge in [-0.25, -0.2) is 0 Å². The van der Waals surface area contributed by atoms with Crippen molar-refractivity contribution in [1.29, 1.82) is 0 Å². The second-order valence-corrected chi connectivity index (χ2v) is 4.76. The highest BCUT2D eigenvalue weighted by Crippen LogP contribution is 2.16. The lowest BCUT2D eigenvalue weighted by molar-refractivity contribution is 0.0951. The largest absolute Gasteiger partial charge is 0.385 e. The molecule has 106 valence electrons. The topological polar surface area (TPSA) is 59.0 Å². The van der Waals surface area contributed by atoms with E-state index in [4.69, 9.17) is 0 Å². The monoisotopic (exact) mass is 272 g/mol. The summed E-state index contributed by atoms with van der Waals surface area (Å²) >= 11 is 0. The summed E-state index contributed by atoms with van der Waals surface area (Å²) in [5.74, 6) is -0.0694. The molecule has 0 spiro atoms. The molecule has 0 unspecified atom stereocenters. The third kappa shape index (κ3) is 3.38. The Kier molecular flexibility index (Phi) is 4.40.